The monoisotopic (exact) mass is 314 g/mol. The van der Waals surface area contributed by atoms with Gasteiger partial charge in [0.1, 0.15) is 5.82 Å². The average Bonchev–Trinajstić information content (AvgIpc) is 3.03. The molecule has 0 radical (unpaired) electrons. The normalized spacial score (nSPS) is 14.9. The highest BCUT2D eigenvalue weighted by atomic mass is 19.1. The van der Waals surface area contributed by atoms with Gasteiger partial charge in [-0.25, -0.2) is 14.4 Å². The first-order valence-electron chi connectivity index (χ1n) is 7.74. The van der Waals surface area contributed by atoms with Gasteiger partial charge in [0.25, 0.3) is 5.91 Å². The Kier molecular flexibility index (Phi) is 4.23. The Balaban J connectivity index is 1.88. The molecule has 1 amide bonds. The molecule has 1 aliphatic rings. The highest BCUT2D eigenvalue weighted by Crippen LogP contribution is 2.22. The molecule has 120 valence electrons. The largest absolute Gasteiger partial charge is 0.382 e. The molecule has 1 aromatic carbocycles. The van der Waals surface area contributed by atoms with Gasteiger partial charge >= 0.3 is 0 Å². The van der Waals surface area contributed by atoms with Crippen LogP contribution in [0, 0.1) is 12.7 Å². The van der Waals surface area contributed by atoms with Crippen molar-refractivity contribution in [3.8, 4) is 11.3 Å². The number of aromatic nitrogens is 2. The maximum Gasteiger partial charge on any atom is 0.273 e. The molecule has 1 fully saturated rings. The molecule has 0 atom stereocenters. The summed E-state index contributed by atoms with van der Waals surface area (Å²) in [7, 11) is 0. The van der Waals surface area contributed by atoms with Gasteiger partial charge in [-0.05, 0) is 43.5 Å². The van der Waals surface area contributed by atoms with Crippen molar-refractivity contribution < 1.29 is 9.18 Å². The molecule has 0 aliphatic heterocycles. The minimum absolute atomic E-state index is 0.100. The summed E-state index contributed by atoms with van der Waals surface area (Å²) in [5.41, 5.74) is 7.64. The van der Waals surface area contributed by atoms with Gasteiger partial charge in [0.05, 0.1) is 11.9 Å². The van der Waals surface area contributed by atoms with Gasteiger partial charge in [0, 0.05) is 11.6 Å². The highest BCUT2D eigenvalue weighted by Gasteiger charge is 2.21. The molecule has 0 bridgehead atoms. The second-order valence-corrected chi connectivity index (χ2v) is 5.91. The number of halogens is 1. The fourth-order valence-electron chi connectivity index (χ4n) is 2.83. The zero-order chi connectivity index (χ0) is 16.4. The van der Waals surface area contributed by atoms with Crippen LogP contribution in [-0.2, 0) is 0 Å². The van der Waals surface area contributed by atoms with Crippen LogP contribution < -0.4 is 11.1 Å². The minimum Gasteiger partial charge on any atom is -0.382 e. The highest BCUT2D eigenvalue weighted by molar-refractivity contribution is 5.97. The molecule has 23 heavy (non-hydrogen) atoms. The van der Waals surface area contributed by atoms with Crippen molar-refractivity contribution in [2.24, 2.45) is 0 Å². The molecule has 5 nitrogen and oxygen atoms in total. The van der Waals surface area contributed by atoms with Crippen LogP contribution in [-0.4, -0.2) is 21.9 Å². The Labute approximate surface area is 134 Å². The van der Waals surface area contributed by atoms with E-state index in [0.717, 1.165) is 25.7 Å². The first kappa shape index (κ1) is 15.4. The fourth-order valence-corrected chi connectivity index (χ4v) is 2.83. The number of aryl methyl sites for hydroxylation is 1. The van der Waals surface area contributed by atoms with E-state index < -0.39 is 0 Å². The zero-order valence-electron chi connectivity index (χ0n) is 13.0. The second-order valence-electron chi connectivity index (χ2n) is 5.91. The third kappa shape index (κ3) is 3.31. The SMILES string of the molecule is Cc1cc(-c2cnc(N)c(C(=O)NC3CCCC3)n2)ccc1F. The summed E-state index contributed by atoms with van der Waals surface area (Å²) in [4.78, 5) is 20.8. The Morgan fingerprint density at radius 3 is 2.78 bits per heavy atom. The van der Waals surface area contributed by atoms with Crippen molar-refractivity contribution in [2.75, 3.05) is 5.73 Å². The first-order chi connectivity index (χ1) is 11.0. The van der Waals surface area contributed by atoms with Crippen LogP contribution in [0.5, 0.6) is 0 Å². The maximum atomic E-state index is 13.4. The molecular weight excluding hydrogens is 295 g/mol. The number of nitrogen functional groups attached to an aromatic ring is 1. The second kappa shape index (κ2) is 6.32. The van der Waals surface area contributed by atoms with Crippen LogP contribution in [0.25, 0.3) is 11.3 Å². The van der Waals surface area contributed by atoms with E-state index in [9.17, 15) is 9.18 Å². The Bertz CT molecular complexity index is 741. The molecule has 0 saturated heterocycles. The Morgan fingerprint density at radius 1 is 1.35 bits per heavy atom. The van der Waals surface area contributed by atoms with E-state index in [1.807, 2.05) is 0 Å². The number of nitrogens with two attached hydrogens (primary N) is 1. The molecule has 0 spiro atoms. The molecule has 1 aliphatic carbocycles. The van der Waals surface area contributed by atoms with Crippen molar-refractivity contribution in [3.05, 3.63) is 41.5 Å². The van der Waals surface area contributed by atoms with Gasteiger partial charge in [0.15, 0.2) is 11.5 Å². The van der Waals surface area contributed by atoms with Crippen LogP contribution in [0.4, 0.5) is 10.2 Å². The standard InChI is InChI=1S/C17H19FN4O/c1-10-8-11(6-7-13(10)18)14-9-20-16(19)15(22-14)17(23)21-12-4-2-3-5-12/h6-9,12H,2-5H2,1H3,(H2,19,20)(H,21,23). The van der Waals surface area contributed by atoms with Crippen LogP contribution in [0.2, 0.25) is 0 Å². The third-order valence-corrected chi connectivity index (χ3v) is 4.16. The number of rotatable bonds is 3. The predicted octanol–water partition coefficient (Wildman–Crippen LogP) is 2.85. The van der Waals surface area contributed by atoms with Gasteiger partial charge in [-0.3, -0.25) is 4.79 Å². The van der Waals surface area contributed by atoms with E-state index in [-0.39, 0.29) is 29.3 Å². The van der Waals surface area contributed by atoms with Crippen LogP contribution >= 0.6 is 0 Å². The number of carbonyl (C=O) groups is 1. The molecular formula is C17H19FN4O. The summed E-state index contributed by atoms with van der Waals surface area (Å²) in [6.45, 7) is 1.68. The number of hydrogen-bond donors (Lipinski definition) is 2. The lowest BCUT2D eigenvalue weighted by molar-refractivity contribution is 0.0933. The first-order valence-corrected chi connectivity index (χ1v) is 7.74. The van der Waals surface area contributed by atoms with Crippen molar-refractivity contribution >= 4 is 11.7 Å². The molecule has 3 rings (SSSR count). The number of nitrogens with zero attached hydrogens (tertiary/aromatic N) is 2. The number of hydrogen-bond acceptors (Lipinski definition) is 4. The van der Waals surface area contributed by atoms with Gasteiger partial charge < -0.3 is 11.1 Å². The lowest BCUT2D eigenvalue weighted by Crippen LogP contribution is -2.33. The molecule has 3 N–H and O–H groups in total. The topological polar surface area (TPSA) is 80.9 Å². The molecule has 2 aromatic rings. The number of nitrogens with one attached hydrogen (secondary N) is 1. The number of carbonyl (C=O) groups excluding carboxylic acids is 1. The fraction of sp³-hybridized carbons (Fsp3) is 0.353. The lowest BCUT2D eigenvalue weighted by atomic mass is 10.1. The lowest BCUT2D eigenvalue weighted by Gasteiger charge is -2.13. The Morgan fingerprint density at radius 2 is 2.09 bits per heavy atom. The van der Waals surface area contributed by atoms with Gasteiger partial charge in [0.2, 0.25) is 0 Å². The van der Waals surface area contributed by atoms with E-state index in [1.165, 1.54) is 12.3 Å². The zero-order valence-corrected chi connectivity index (χ0v) is 13.0. The summed E-state index contributed by atoms with van der Waals surface area (Å²) in [6, 6.07) is 4.84. The van der Waals surface area contributed by atoms with E-state index in [1.54, 1.807) is 19.1 Å². The van der Waals surface area contributed by atoms with Crippen molar-refractivity contribution in [1.29, 1.82) is 0 Å². The van der Waals surface area contributed by atoms with Gasteiger partial charge in [-0.2, -0.15) is 0 Å². The van der Waals surface area contributed by atoms with E-state index in [2.05, 4.69) is 15.3 Å². The van der Waals surface area contributed by atoms with E-state index in [0.29, 0.717) is 16.8 Å². The summed E-state index contributed by atoms with van der Waals surface area (Å²) in [6.07, 6.45) is 5.71. The average molecular weight is 314 g/mol. The summed E-state index contributed by atoms with van der Waals surface area (Å²) in [5, 5.41) is 2.95. The van der Waals surface area contributed by atoms with Crippen LogP contribution in [0.1, 0.15) is 41.7 Å². The quantitative estimate of drug-likeness (QED) is 0.913. The number of amides is 1. The van der Waals surface area contributed by atoms with E-state index in [4.69, 9.17) is 5.73 Å². The van der Waals surface area contributed by atoms with Gasteiger partial charge in [-0.1, -0.05) is 12.8 Å². The number of anilines is 1. The smallest absolute Gasteiger partial charge is 0.273 e. The van der Waals surface area contributed by atoms with Crippen molar-refractivity contribution in [1.82, 2.24) is 15.3 Å². The summed E-state index contributed by atoms with van der Waals surface area (Å²) >= 11 is 0. The molecule has 0 unspecified atom stereocenters. The molecule has 1 heterocycles. The van der Waals surface area contributed by atoms with Crippen LogP contribution in [0.15, 0.2) is 24.4 Å². The molecule has 1 saturated carbocycles. The Hall–Kier alpha value is -2.50. The van der Waals surface area contributed by atoms with Gasteiger partial charge in [-0.15, -0.1) is 0 Å². The summed E-state index contributed by atoms with van der Waals surface area (Å²) in [5.74, 6) is -0.484. The van der Waals surface area contributed by atoms with E-state index >= 15 is 0 Å². The minimum atomic E-state index is -0.303. The van der Waals surface area contributed by atoms with Crippen LogP contribution in [0.3, 0.4) is 0 Å². The summed E-state index contributed by atoms with van der Waals surface area (Å²) < 4.78 is 13.4. The number of benzene rings is 1. The van der Waals surface area contributed by atoms with Crippen molar-refractivity contribution in [2.45, 2.75) is 38.6 Å². The predicted molar refractivity (Wildman–Crippen MR) is 86.3 cm³/mol. The maximum absolute atomic E-state index is 13.4. The molecule has 1 aromatic heterocycles. The molecule has 6 heteroatoms. The third-order valence-electron chi connectivity index (χ3n) is 4.16. The van der Waals surface area contributed by atoms with Crippen molar-refractivity contribution in [3.63, 3.8) is 0 Å².